The monoisotopic (exact) mass is 612 g/mol. The maximum absolute atomic E-state index is 14.2. The topological polar surface area (TPSA) is 71.0 Å². The van der Waals surface area contributed by atoms with Crippen LogP contribution in [0.2, 0.25) is 0 Å². The second kappa shape index (κ2) is 13.6. The number of aliphatic hydroxyl groups excluding tert-OH is 1. The minimum Gasteiger partial charge on any atom is -0.392 e. The Hall–Kier alpha value is -4.16. The van der Waals surface area contributed by atoms with Crippen LogP contribution >= 0.6 is 0 Å². The average molecular weight is 613 g/mol. The van der Waals surface area contributed by atoms with Gasteiger partial charge in [0.25, 0.3) is 5.91 Å². The zero-order chi connectivity index (χ0) is 31.4. The van der Waals surface area contributed by atoms with Gasteiger partial charge in [0.1, 0.15) is 5.56 Å². The fourth-order valence-electron chi connectivity index (χ4n) is 5.10. The lowest BCUT2D eigenvalue weighted by Gasteiger charge is -2.38. The van der Waals surface area contributed by atoms with E-state index in [0.717, 1.165) is 16.7 Å². The molecule has 5 rings (SSSR count). The van der Waals surface area contributed by atoms with Gasteiger partial charge in [-0.1, -0.05) is 66.7 Å². The zero-order valence-electron chi connectivity index (χ0n) is 23.6. The van der Waals surface area contributed by atoms with Gasteiger partial charge in [0.05, 0.1) is 18.8 Å². The van der Waals surface area contributed by atoms with Gasteiger partial charge in [0.15, 0.2) is 29.6 Å². The van der Waals surface area contributed by atoms with Crippen LogP contribution in [0.1, 0.15) is 51.4 Å². The number of aliphatic hydroxyl groups is 1. The molecule has 1 aliphatic rings. The molecule has 44 heavy (non-hydrogen) atoms. The predicted octanol–water partition coefficient (Wildman–Crippen LogP) is 6.80. The molecule has 4 aromatic rings. The third kappa shape index (κ3) is 6.97. The Labute approximate surface area is 250 Å². The highest BCUT2D eigenvalue weighted by Crippen LogP contribution is 2.39. The van der Waals surface area contributed by atoms with E-state index in [0.29, 0.717) is 25.1 Å². The van der Waals surface area contributed by atoms with E-state index in [4.69, 9.17) is 9.47 Å². The number of carbonyl (C=O) groups is 1. The number of nitrogens with one attached hydrogen (secondary N) is 1. The smallest absolute Gasteiger partial charge is 0.261 e. The van der Waals surface area contributed by atoms with Crippen molar-refractivity contribution in [2.75, 3.05) is 18.9 Å². The summed E-state index contributed by atoms with van der Waals surface area (Å²) in [4.78, 5) is 14.8. The number of amides is 1. The number of anilines is 1. The molecule has 1 heterocycles. The van der Waals surface area contributed by atoms with E-state index < -0.39 is 53.0 Å². The number of rotatable bonds is 9. The Morgan fingerprint density at radius 2 is 1.48 bits per heavy atom. The molecule has 1 aliphatic heterocycles. The fourth-order valence-corrected chi connectivity index (χ4v) is 5.10. The second-order valence-electron chi connectivity index (χ2n) is 10.6. The minimum absolute atomic E-state index is 0.0239. The summed E-state index contributed by atoms with van der Waals surface area (Å²) in [5.74, 6) is -12.8. The molecule has 11 heteroatoms. The van der Waals surface area contributed by atoms with Crippen LogP contribution in [0, 0.1) is 29.1 Å². The number of carbonyl (C=O) groups excluding carboxylic acids is 1. The standard InChI is InChI=1S/C33H29F5N2O4/c1-40(16-19-6-3-2-4-7-19)17-24-15-25(21-12-10-20(18-41)11-13-21)44-33(43-24)22-8-5-9-23(14-22)39-32(42)26-27(34)29(36)31(38)30(37)28(26)35/h2-14,24-25,33,41H,15-18H2,1H3,(H,39,42)/t24-,25+,33+/m0/s1. The lowest BCUT2D eigenvalue weighted by atomic mass is 9.99. The zero-order valence-corrected chi connectivity index (χ0v) is 23.6. The van der Waals surface area contributed by atoms with Gasteiger partial charge < -0.3 is 19.9 Å². The third-order valence-corrected chi connectivity index (χ3v) is 7.28. The molecular weight excluding hydrogens is 583 g/mol. The summed E-state index contributed by atoms with van der Waals surface area (Å²) in [5, 5.41) is 11.6. The third-order valence-electron chi connectivity index (χ3n) is 7.28. The normalized spacial score (nSPS) is 18.4. The quantitative estimate of drug-likeness (QED) is 0.124. The molecule has 230 valence electrons. The van der Waals surface area contributed by atoms with E-state index in [2.05, 4.69) is 10.2 Å². The van der Waals surface area contributed by atoms with Crippen molar-refractivity contribution in [2.24, 2.45) is 0 Å². The van der Waals surface area contributed by atoms with Crippen LogP contribution in [0.15, 0.2) is 78.9 Å². The molecule has 0 radical (unpaired) electrons. The number of hydrogen-bond acceptors (Lipinski definition) is 5. The molecule has 3 atom stereocenters. The van der Waals surface area contributed by atoms with Crippen LogP contribution in [0.5, 0.6) is 0 Å². The van der Waals surface area contributed by atoms with Gasteiger partial charge in [0, 0.05) is 30.8 Å². The van der Waals surface area contributed by atoms with Gasteiger partial charge in [0.2, 0.25) is 5.82 Å². The lowest BCUT2D eigenvalue weighted by molar-refractivity contribution is -0.252. The van der Waals surface area contributed by atoms with E-state index in [-0.39, 0.29) is 18.4 Å². The first-order valence-corrected chi connectivity index (χ1v) is 13.8. The molecular formula is C33H29F5N2O4. The highest BCUT2D eigenvalue weighted by atomic mass is 19.2. The summed E-state index contributed by atoms with van der Waals surface area (Å²) in [7, 11) is 1.97. The lowest BCUT2D eigenvalue weighted by Crippen LogP contribution is -2.37. The van der Waals surface area contributed by atoms with Crippen LogP contribution < -0.4 is 5.32 Å². The molecule has 2 N–H and O–H groups in total. The Kier molecular flexibility index (Phi) is 9.70. The van der Waals surface area contributed by atoms with Gasteiger partial charge in [-0.25, -0.2) is 22.0 Å². The van der Waals surface area contributed by atoms with Crippen LogP contribution in [0.4, 0.5) is 27.6 Å². The van der Waals surface area contributed by atoms with Crippen molar-refractivity contribution in [1.29, 1.82) is 0 Å². The van der Waals surface area contributed by atoms with Gasteiger partial charge in [-0.2, -0.15) is 0 Å². The van der Waals surface area contributed by atoms with Crippen molar-refractivity contribution in [2.45, 2.75) is 38.1 Å². The van der Waals surface area contributed by atoms with E-state index in [9.17, 15) is 31.9 Å². The number of halogens is 5. The highest BCUT2D eigenvalue weighted by Gasteiger charge is 2.33. The Morgan fingerprint density at radius 1 is 0.818 bits per heavy atom. The SMILES string of the molecule is CN(Cc1ccccc1)C[C@@H]1C[C@H](c2ccc(CO)cc2)O[C@H](c2cccc(NC(=O)c3c(F)c(F)c(F)c(F)c3F)c2)O1. The molecule has 1 amide bonds. The Morgan fingerprint density at radius 3 is 2.14 bits per heavy atom. The first-order chi connectivity index (χ1) is 21.1. The van der Waals surface area contributed by atoms with Crippen molar-refractivity contribution in [1.82, 2.24) is 4.90 Å². The van der Waals surface area contributed by atoms with Gasteiger partial charge >= 0.3 is 0 Å². The summed E-state index contributed by atoms with van der Waals surface area (Å²) in [6.07, 6.45) is -1.10. The average Bonchev–Trinajstić information content (AvgIpc) is 3.03. The van der Waals surface area contributed by atoms with Gasteiger partial charge in [-0.15, -0.1) is 0 Å². The number of hydrogen-bond donors (Lipinski definition) is 2. The van der Waals surface area contributed by atoms with Crippen LogP contribution in [-0.4, -0.2) is 35.6 Å². The number of benzene rings is 4. The molecule has 0 aliphatic carbocycles. The predicted molar refractivity (Wildman–Crippen MR) is 152 cm³/mol. The number of nitrogens with zero attached hydrogens (tertiary/aromatic N) is 1. The second-order valence-corrected chi connectivity index (χ2v) is 10.6. The molecule has 6 nitrogen and oxygen atoms in total. The first-order valence-electron chi connectivity index (χ1n) is 13.8. The number of likely N-dealkylation sites (N-methyl/N-ethyl adjacent to an activating group) is 1. The molecule has 0 saturated carbocycles. The van der Waals surface area contributed by atoms with E-state index in [1.807, 2.05) is 49.5 Å². The molecule has 4 aromatic carbocycles. The summed E-state index contributed by atoms with van der Waals surface area (Å²) in [6, 6.07) is 23.3. The Bertz CT molecular complexity index is 1590. The summed E-state index contributed by atoms with van der Waals surface area (Å²) < 4.78 is 81.9. The summed E-state index contributed by atoms with van der Waals surface area (Å²) >= 11 is 0. The molecule has 0 unspecified atom stereocenters. The maximum atomic E-state index is 14.2. The summed E-state index contributed by atoms with van der Waals surface area (Å²) in [5.41, 5.74) is 1.62. The van der Waals surface area contributed by atoms with Crippen molar-refractivity contribution in [3.8, 4) is 0 Å². The summed E-state index contributed by atoms with van der Waals surface area (Å²) in [6.45, 7) is 1.13. The van der Waals surface area contributed by atoms with Crippen LogP contribution in [0.25, 0.3) is 0 Å². The van der Waals surface area contributed by atoms with Crippen LogP contribution in [-0.2, 0) is 22.6 Å². The molecule has 0 spiro atoms. The van der Waals surface area contributed by atoms with E-state index >= 15 is 0 Å². The highest BCUT2D eigenvalue weighted by molar-refractivity contribution is 6.04. The molecule has 0 aromatic heterocycles. The maximum Gasteiger partial charge on any atom is 0.261 e. The fraction of sp³-hybridized carbons (Fsp3) is 0.242. The van der Waals surface area contributed by atoms with Crippen molar-refractivity contribution < 1.29 is 41.3 Å². The Balaban J connectivity index is 1.38. The minimum atomic E-state index is -2.35. The van der Waals surface area contributed by atoms with E-state index in [1.54, 1.807) is 18.2 Å². The van der Waals surface area contributed by atoms with Gasteiger partial charge in [-0.3, -0.25) is 9.69 Å². The van der Waals surface area contributed by atoms with Crippen molar-refractivity contribution in [3.63, 3.8) is 0 Å². The van der Waals surface area contributed by atoms with Gasteiger partial charge in [-0.05, 0) is 35.9 Å². The largest absolute Gasteiger partial charge is 0.392 e. The molecule has 1 fully saturated rings. The molecule has 1 saturated heterocycles. The van der Waals surface area contributed by atoms with Crippen molar-refractivity contribution >= 4 is 11.6 Å². The van der Waals surface area contributed by atoms with Crippen molar-refractivity contribution in [3.05, 3.63) is 136 Å². The number of ether oxygens (including phenoxy) is 2. The van der Waals surface area contributed by atoms with E-state index in [1.165, 1.54) is 18.2 Å². The molecule has 0 bridgehead atoms. The van der Waals surface area contributed by atoms with Crippen LogP contribution in [0.3, 0.4) is 0 Å². The first kappa shape index (κ1) is 31.3.